The van der Waals surface area contributed by atoms with Crippen molar-refractivity contribution in [3.8, 4) is 17.2 Å². The monoisotopic (exact) mass is 396 g/mol. The Morgan fingerprint density at radius 2 is 2.12 bits per heavy atom. The first-order chi connectivity index (χ1) is 11.5. The number of nitrogens with one attached hydrogen (secondary N) is 1. The first kappa shape index (κ1) is 17.7. The second-order valence-corrected chi connectivity index (χ2v) is 5.42. The van der Waals surface area contributed by atoms with E-state index >= 15 is 0 Å². The molecule has 126 valence electrons. The van der Waals surface area contributed by atoms with E-state index in [0.29, 0.717) is 10.0 Å². The molecule has 0 radical (unpaired) electrons. The molecule has 2 aromatic carbocycles. The molecule has 2 rings (SSSR count). The van der Waals surface area contributed by atoms with Gasteiger partial charge in [-0.3, -0.25) is 4.79 Å². The molecule has 24 heavy (non-hydrogen) atoms. The molecule has 0 heterocycles. The maximum absolute atomic E-state index is 13.3. The molecule has 0 unspecified atom stereocenters. The number of carbonyl (C=O) groups is 1. The van der Waals surface area contributed by atoms with Gasteiger partial charge >= 0.3 is 0 Å². The number of carbonyl (C=O) groups excluding carboxylic acids is 1. The lowest BCUT2D eigenvalue weighted by Gasteiger charge is -2.07. The number of halogens is 2. The van der Waals surface area contributed by atoms with E-state index in [1.807, 2.05) is 0 Å². The highest BCUT2D eigenvalue weighted by molar-refractivity contribution is 9.10. The van der Waals surface area contributed by atoms with Crippen LogP contribution in [0.4, 0.5) is 4.39 Å². The number of nitrogens with zero attached hydrogens (tertiary/aromatic N) is 1. The van der Waals surface area contributed by atoms with E-state index in [2.05, 4.69) is 26.5 Å². The van der Waals surface area contributed by atoms with Crippen molar-refractivity contribution >= 4 is 28.1 Å². The average Bonchev–Trinajstić information content (AvgIpc) is 2.57. The van der Waals surface area contributed by atoms with Crippen LogP contribution >= 0.6 is 15.9 Å². The second-order valence-electron chi connectivity index (χ2n) is 4.57. The van der Waals surface area contributed by atoms with Gasteiger partial charge in [0.2, 0.25) is 0 Å². The minimum Gasteiger partial charge on any atom is -0.503 e. The number of benzene rings is 2. The molecular weight excluding hydrogens is 383 g/mol. The summed E-state index contributed by atoms with van der Waals surface area (Å²) in [5.74, 6) is -0.866. The summed E-state index contributed by atoms with van der Waals surface area (Å²) in [5.41, 5.74) is 2.85. The molecule has 0 aliphatic heterocycles. The van der Waals surface area contributed by atoms with E-state index in [0.717, 1.165) is 0 Å². The fourth-order valence-corrected chi connectivity index (χ4v) is 2.20. The summed E-state index contributed by atoms with van der Waals surface area (Å²) in [5, 5.41) is 13.5. The minimum atomic E-state index is -0.546. The molecular formula is C16H14BrFN2O4. The first-order valence-corrected chi connectivity index (χ1v) is 7.56. The number of ether oxygens (including phenoxy) is 2. The quantitative estimate of drug-likeness (QED) is 0.581. The molecule has 2 aromatic rings. The predicted molar refractivity (Wildman–Crippen MR) is 90.0 cm³/mol. The van der Waals surface area contributed by atoms with E-state index in [-0.39, 0.29) is 23.9 Å². The summed E-state index contributed by atoms with van der Waals surface area (Å²) < 4.78 is 23.8. The number of amides is 1. The Morgan fingerprint density at radius 1 is 1.38 bits per heavy atom. The zero-order valence-corrected chi connectivity index (χ0v) is 14.2. The number of hydrazone groups is 1. The van der Waals surface area contributed by atoms with Crippen LogP contribution in [0.25, 0.3) is 0 Å². The van der Waals surface area contributed by atoms with Gasteiger partial charge in [0.05, 0.1) is 17.8 Å². The number of aromatic hydroxyl groups is 1. The molecule has 8 heteroatoms. The normalized spacial score (nSPS) is 10.6. The van der Waals surface area contributed by atoms with Gasteiger partial charge in [0.1, 0.15) is 0 Å². The van der Waals surface area contributed by atoms with E-state index < -0.39 is 11.7 Å². The van der Waals surface area contributed by atoms with Crippen molar-refractivity contribution in [1.29, 1.82) is 0 Å². The van der Waals surface area contributed by atoms with Crippen molar-refractivity contribution in [2.24, 2.45) is 5.10 Å². The summed E-state index contributed by atoms with van der Waals surface area (Å²) in [6, 6.07) is 8.93. The molecule has 0 spiro atoms. The van der Waals surface area contributed by atoms with Gasteiger partial charge in [-0.2, -0.15) is 5.10 Å². The Hall–Kier alpha value is -2.61. The van der Waals surface area contributed by atoms with Gasteiger partial charge in [-0.15, -0.1) is 0 Å². The molecule has 0 aromatic heterocycles. The highest BCUT2D eigenvalue weighted by Crippen LogP contribution is 2.34. The van der Waals surface area contributed by atoms with Gasteiger partial charge in [0.25, 0.3) is 5.91 Å². The molecule has 0 atom stereocenters. The van der Waals surface area contributed by atoms with E-state index in [1.54, 1.807) is 18.2 Å². The van der Waals surface area contributed by atoms with E-state index in [1.165, 1.54) is 31.5 Å². The van der Waals surface area contributed by atoms with Crippen molar-refractivity contribution in [3.63, 3.8) is 0 Å². The number of methoxy groups -OCH3 is 1. The lowest BCUT2D eigenvalue weighted by atomic mass is 10.2. The molecule has 6 nitrogen and oxygen atoms in total. The highest BCUT2D eigenvalue weighted by atomic mass is 79.9. The van der Waals surface area contributed by atoms with Crippen LogP contribution in [-0.2, 0) is 4.79 Å². The Bertz CT molecular complexity index is 768. The summed E-state index contributed by atoms with van der Waals surface area (Å²) >= 11 is 3.18. The SMILES string of the molecule is COc1cc(/C=N/NC(=O)COc2ccccc2F)cc(Br)c1O. The standard InChI is InChI=1S/C16H14BrFN2O4/c1-23-14-7-10(6-11(17)16(14)22)8-19-20-15(21)9-24-13-5-3-2-4-12(13)18/h2-8,22H,9H2,1H3,(H,20,21)/b19-8+. The lowest BCUT2D eigenvalue weighted by Crippen LogP contribution is -2.24. The maximum atomic E-state index is 13.3. The highest BCUT2D eigenvalue weighted by Gasteiger charge is 2.08. The van der Waals surface area contributed by atoms with Crippen LogP contribution in [0.1, 0.15) is 5.56 Å². The van der Waals surface area contributed by atoms with Crippen molar-refractivity contribution in [2.45, 2.75) is 0 Å². The largest absolute Gasteiger partial charge is 0.503 e. The fraction of sp³-hybridized carbons (Fsp3) is 0.125. The van der Waals surface area contributed by atoms with E-state index in [4.69, 9.17) is 9.47 Å². The summed E-state index contributed by atoms with van der Waals surface area (Å²) in [6.45, 7) is -0.374. The fourth-order valence-electron chi connectivity index (χ4n) is 1.74. The number of rotatable bonds is 6. The third-order valence-corrected chi connectivity index (χ3v) is 3.47. The summed E-state index contributed by atoms with van der Waals surface area (Å²) in [7, 11) is 1.42. The third kappa shape index (κ3) is 4.69. The number of phenols is 1. The maximum Gasteiger partial charge on any atom is 0.277 e. The van der Waals surface area contributed by atoms with Crippen LogP contribution in [0.15, 0.2) is 46.0 Å². The second kappa shape index (κ2) is 8.30. The van der Waals surface area contributed by atoms with Gasteiger partial charge in [0.15, 0.2) is 29.7 Å². The Kier molecular flexibility index (Phi) is 6.14. The molecule has 1 amide bonds. The summed E-state index contributed by atoms with van der Waals surface area (Å²) in [4.78, 5) is 11.6. The average molecular weight is 397 g/mol. The number of phenolic OH excluding ortho intramolecular Hbond substituents is 1. The topological polar surface area (TPSA) is 80.2 Å². The zero-order valence-electron chi connectivity index (χ0n) is 12.6. The Balaban J connectivity index is 1.91. The van der Waals surface area contributed by atoms with Gasteiger partial charge in [-0.05, 0) is 45.8 Å². The number of hydrogen-bond donors (Lipinski definition) is 2. The van der Waals surface area contributed by atoms with Crippen molar-refractivity contribution in [2.75, 3.05) is 13.7 Å². The van der Waals surface area contributed by atoms with Crippen molar-refractivity contribution in [3.05, 3.63) is 52.3 Å². The van der Waals surface area contributed by atoms with Gasteiger partial charge < -0.3 is 14.6 Å². The lowest BCUT2D eigenvalue weighted by molar-refractivity contribution is -0.123. The smallest absolute Gasteiger partial charge is 0.277 e. The molecule has 0 bridgehead atoms. The van der Waals surface area contributed by atoms with E-state index in [9.17, 15) is 14.3 Å². The minimum absolute atomic E-state index is 0.0103. The molecule has 0 saturated carbocycles. The molecule has 2 N–H and O–H groups in total. The van der Waals surface area contributed by atoms with Crippen LogP contribution < -0.4 is 14.9 Å². The third-order valence-electron chi connectivity index (χ3n) is 2.87. The van der Waals surface area contributed by atoms with Gasteiger partial charge in [0, 0.05) is 0 Å². The Labute approximate surface area is 146 Å². The van der Waals surface area contributed by atoms with Crippen LogP contribution in [0.3, 0.4) is 0 Å². The van der Waals surface area contributed by atoms with Gasteiger partial charge in [-0.25, -0.2) is 9.82 Å². The first-order valence-electron chi connectivity index (χ1n) is 6.77. The van der Waals surface area contributed by atoms with Crippen LogP contribution in [0, 0.1) is 5.82 Å². The predicted octanol–water partition coefficient (Wildman–Crippen LogP) is 2.83. The van der Waals surface area contributed by atoms with Crippen molar-refractivity contribution in [1.82, 2.24) is 5.43 Å². The van der Waals surface area contributed by atoms with Crippen LogP contribution in [-0.4, -0.2) is 30.9 Å². The summed E-state index contributed by atoms with van der Waals surface area (Å²) in [6.07, 6.45) is 1.37. The zero-order chi connectivity index (χ0) is 17.5. The molecule has 0 aliphatic carbocycles. The Morgan fingerprint density at radius 3 is 2.83 bits per heavy atom. The van der Waals surface area contributed by atoms with Gasteiger partial charge in [-0.1, -0.05) is 12.1 Å². The van der Waals surface area contributed by atoms with Crippen molar-refractivity contribution < 1.29 is 23.8 Å². The molecule has 0 aliphatic rings. The van der Waals surface area contributed by atoms with Crippen LogP contribution in [0.2, 0.25) is 0 Å². The van der Waals surface area contributed by atoms with Crippen LogP contribution in [0.5, 0.6) is 17.2 Å². The molecule has 0 saturated heterocycles. The molecule has 0 fully saturated rings. The number of para-hydroxylation sites is 1. The number of hydrogen-bond acceptors (Lipinski definition) is 5.